The Bertz CT molecular complexity index is 355. The van der Waals surface area contributed by atoms with Crippen molar-refractivity contribution in [3.05, 3.63) is 29.8 Å². The number of halogens is 3. The van der Waals surface area contributed by atoms with Gasteiger partial charge >= 0.3 is 6.18 Å². The van der Waals surface area contributed by atoms with Gasteiger partial charge in [0.05, 0.1) is 5.56 Å². The molecule has 0 unspecified atom stereocenters. The quantitative estimate of drug-likeness (QED) is 0.884. The lowest BCUT2D eigenvalue weighted by atomic mass is 10.2. The topological polar surface area (TPSA) is 21.3 Å². The van der Waals surface area contributed by atoms with Crippen LogP contribution < -0.4 is 10.1 Å². The van der Waals surface area contributed by atoms with Crippen molar-refractivity contribution >= 4 is 0 Å². The molecular weight excluding hydrogens is 231 g/mol. The molecule has 1 aromatic rings. The maximum absolute atomic E-state index is 12.3. The fourth-order valence-electron chi connectivity index (χ4n) is 1.84. The van der Waals surface area contributed by atoms with Crippen molar-refractivity contribution in [1.82, 2.24) is 5.32 Å². The van der Waals surface area contributed by atoms with Crippen molar-refractivity contribution in [2.45, 2.75) is 25.1 Å². The van der Waals surface area contributed by atoms with Gasteiger partial charge in [-0.1, -0.05) is 0 Å². The van der Waals surface area contributed by atoms with Crippen LogP contribution in [0, 0.1) is 0 Å². The lowest BCUT2D eigenvalue weighted by molar-refractivity contribution is -0.137. The second-order valence-corrected chi connectivity index (χ2v) is 4.13. The summed E-state index contributed by atoms with van der Waals surface area (Å²) in [7, 11) is 0. The number of nitrogens with one attached hydrogen (secondary N) is 1. The van der Waals surface area contributed by atoms with Crippen molar-refractivity contribution < 1.29 is 17.9 Å². The third-order valence-corrected chi connectivity index (χ3v) is 2.80. The van der Waals surface area contributed by atoms with Crippen molar-refractivity contribution in [3.8, 4) is 5.75 Å². The largest absolute Gasteiger partial charge is 0.492 e. The van der Waals surface area contributed by atoms with Crippen molar-refractivity contribution in [1.29, 1.82) is 0 Å². The molecule has 0 spiro atoms. The molecule has 2 nitrogen and oxygen atoms in total. The number of hydrogen-bond acceptors (Lipinski definition) is 2. The van der Waals surface area contributed by atoms with Crippen LogP contribution in [-0.4, -0.2) is 19.2 Å². The van der Waals surface area contributed by atoms with Gasteiger partial charge in [-0.2, -0.15) is 13.2 Å². The highest BCUT2D eigenvalue weighted by atomic mass is 19.4. The third kappa shape index (κ3) is 3.36. The first kappa shape index (κ1) is 12.2. The molecule has 1 heterocycles. The highest BCUT2D eigenvalue weighted by Crippen LogP contribution is 2.30. The standard InChI is InChI=1S/C12H14F3NO/c13-12(14,15)9-3-5-11(6-4-9)17-8-10-2-1-7-16-10/h3-6,10,16H,1-2,7-8H2/t10-/m1/s1. The molecule has 0 bridgehead atoms. The highest BCUT2D eigenvalue weighted by Gasteiger charge is 2.30. The molecular formula is C12H14F3NO. The SMILES string of the molecule is FC(F)(F)c1ccc(OC[C@H]2CCCN2)cc1. The Morgan fingerprint density at radius 2 is 1.94 bits per heavy atom. The van der Waals surface area contributed by atoms with Crippen molar-refractivity contribution in [2.75, 3.05) is 13.2 Å². The molecule has 1 fully saturated rings. The Labute approximate surface area is 97.8 Å². The Morgan fingerprint density at radius 3 is 2.47 bits per heavy atom. The fraction of sp³-hybridized carbons (Fsp3) is 0.500. The second kappa shape index (κ2) is 4.96. The van der Waals surface area contributed by atoms with Gasteiger partial charge in [0.15, 0.2) is 0 Å². The van der Waals surface area contributed by atoms with Crippen molar-refractivity contribution in [3.63, 3.8) is 0 Å². The van der Waals surface area contributed by atoms with E-state index in [1.807, 2.05) is 0 Å². The molecule has 2 rings (SSSR count). The van der Waals surface area contributed by atoms with Gasteiger partial charge in [-0.15, -0.1) is 0 Å². The molecule has 1 saturated heterocycles. The van der Waals surface area contributed by atoms with Gasteiger partial charge in [-0.25, -0.2) is 0 Å². The summed E-state index contributed by atoms with van der Waals surface area (Å²) in [5.41, 5.74) is -0.649. The molecule has 5 heteroatoms. The summed E-state index contributed by atoms with van der Waals surface area (Å²) >= 11 is 0. The maximum atomic E-state index is 12.3. The molecule has 0 aromatic heterocycles. The van der Waals surface area contributed by atoms with E-state index in [-0.39, 0.29) is 0 Å². The predicted octanol–water partition coefficient (Wildman–Crippen LogP) is 2.84. The zero-order valence-corrected chi connectivity index (χ0v) is 9.26. The fourth-order valence-corrected chi connectivity index (χ4v) is 1.84. The summed E-state index contributed by atoms with van der Waals surface area (Å²) in [6.45, 7) is 1.49. The summed E-state index contributed by atoms with van der Waals surface area (Å²) in [6, 6.07) is 5.11. The molecule has 0 amide bonds. The van der Waals surface area contributed by atoms with Gasteiger partial charge in [0.2, 0.25) is 0 Å². The molecule has 0 radical (unpaired) electrons. The van der Waals surface area contributed by atoms with Crippen LogP contribution in [0.2, 0.25) is 0 Å². The van der Waals surface area contributed by atoms with Gasteiger partial charge in [-0.3, -0.25) is 0 Å². The summed E-state index contributed by atoms with van der Waals surface area (Å²) in [5, 5.41) is 3.26. The Balaban J connectivity index is 1.89. The van der Waals surface area contributed by atoms with E-state index in [4.69, 9.17) is 4.74 Å². The van der Waals surface area contributed by atoms with Crippen LogP contribution in [0.25, 0.3) is 0 Å². The first-order valence-corrected chi connectivity index (χ1v) is 5.59. The summed E-state index contributed by atoms with van der Waals surface area (Å²) < 4.78 is 42.3. The number of ether oxygens (including phenoxy) is 1. The molecule has 1 aromatic carbocycles. The smallest absolute Gasteiger partial charge is 0.416 e. The summed E-state index contributed by atoms with van der Waals surface area (Å²) in [4.78, 5) is 0. The van der Waals surface area contributed by atoms with Gasteiger partial charge in [0.1, 0.15) is 12.4 Å². The van der Waals surface area contributed by atoms with Gasteiger partial charge in [0, 0.05) is 6.04 Å². The van der Waals surface area contributed by atoms with Crippen LogP contribution >= 0.6 is 0 Å². The van der Waals surface area contributed by atoms with Crippen LogP contribution in [0.3, 0.4) is 0 Å². The second-order valence-electron chi connectivity index (χ2n) is 4.13. The molecule has 1 aliphatic heterocycles. The number of alkyl halides is 3. The molecule has 1 atom stereocenters. The van der Waals surface area contributed by atoms with E-state index in [0.29, 0.717) is 18.4 Å². The first-order chi connectivity index (χ1) is 8.05. The van der Waals surface area contributed by atoms with E-state index in [1.165, 1.54) is 12.1 Å². The number of rotatable bonds is 3. The van der Waals surface area contributed by atoms with Crippen LogP contribution in [0.1, 0.15) is 18.4 Å². The third-order valence-electron chi connectivity index (χ3n) is 2.80. The molecule has 0 saturated carbocycles. The lowest BCUT2D eigenvalue weighted by Crippen LogP contribution is -2.28. The number of benzene rings is 1. The van der Waals surface area contributed by atoms with Crippen LogP contribution in [0.5, 0.6) is 5.75 Å². The molecule has 1 N–H and O–H groups in total. The average Bonchev–Trinajstić information content (AvgIpc) is 2.78. The lowest BCUT2D eigenvalue weighted by Gasteiger charge is -2.13. The van der Waals surface area contributed by atoms with Crippen molar-refractivity contribution in [2.24, 2.45) is 0 Å². The zero-order chi connectivity index (χ0) is 12.3. The minimum atomic E-state index is -4.29. The van der Waals surface area contributed by atoms with E-state index in [0.717, 1.165) is 31.5 Å². The Hall–Kier alpha value is -1.23. The Morgan fingerprint density at radius 1 is 1.24 bits per heavy atom. The number of hydrogen-bond donors (Lipinski definition) is 1. The maximum Gasteiger partial charge on any atom is 0.416 e. The van der Waals surface area contributed by atoms with E-state index in [2.05, 4.69) is 5.32 Å². The Kier molecular flexibility index (Phi) is 3.57. The van der Waals surface area contributed by atoms with Crippen LogP contribution in [0.15, 0.2) is 24.3 Å². The predicted molar refractivity (Wildman–Crippen MR) is 58.0 cm³/mol. The molecule has 94 valence electrons. The van der Waals surface area contributed by atoms with Gasteiger partial charge in [-0.05, 0) is 43.7 Å². The monoisotopic (exact) mass is 245 g/mol. The average molecular weight is 245 g/mol. The summed E-state index contributed by atoms with van der Waals surface area (Å²) in [6.07, 6.45) is -2.10. The normalized spacial score (nSPS) is 20.5. The molecule has 0 aliphatic carbocycles. The molecule has 1 aliphatic rings. The van der Waals surface area contributed by atoms with E-state index < -0.39 is 11.7 Å². The molecule has 17 heavy (non-hydrogen) atoms. The summed E-state index contributed by atoms with van der Waals surface area (Å²) in [5.74, 6) is 0.478. The zero-order valence-electron chi connectivity index (χ0n) is 9.26. The van der Waals surface area contributed by atoms with Crippen LogP contribution in [0.4, 0.5) is 13.2 Å². The van der Waals surface area contributed by atoms with Gasteiger partial charge < -0.3 is 10.1 Å². The first-order valence-electron chi connectivity index (χ1n) is 5.59. The van der Waals surface area contributed by atoms with E-state index in [1.54, 1.807) is 0 Å². The van der Waals surface area contributed by atoms with E-state index >= 15 is 0 Å². The van der Waals surface area contributed by atoms with Gasteiger partial charge in [0.25, 0.3) is 0 Å². The highest BCUT2D eigenvalue weighted by molar-refractivity contribution is 5.28. The minimum Gasteiger partial charge on any atom is -0.492 e. The minimum absolute atomic E-state index is 0.317. The van der Waals surface area contributed by atoms with E-state index in [9.17, 15) is 13.2 Å². The van der Waals surface area contributed by atoms with Crippen LogP contribution in [-0.2, 0) is 6.18 Å².